The molecule has 0 aromatic heterocycles. The molecular weight excluding hydrogens is 361 g/mol. The highest BCUT2D eigenvalue weighted by Gasteiger charge is 2.32. The number of rotatable bonds is 3. The highest BCUT2D eigenvalue weighted by molar-refractivity contribution is 9.10. The van der Waals surface area contributed by atoms with Crippen LogP contribution in [0.4, 0.5) is 4.39 Å². The Morgan fingerprint density at radius 2 is 2.05 bits per heavy atom. The third kappa shape index (κ3) is 3.53. The van der Waals surface area contributed by atoms with E-state index < -0.39 is 31.7 Å². The Labute approximate surface area is 119 Å². The predicted molar refractivity (Wildman–Crippen MR) is 71.5 cm³/mol. The fourth-order valence-corrected chi connectivity index (χ4v) is 5.96. The Balaban J connectivity index is 2.24. The zero-order valence-corrected chi connectivity index (χ0v) is 12.9. The van der Waals surface area contributed by atoms with Crippen molar-refractivity contribution in [2.45, 2.75) is 17.4 Å². The topological polar surface area (TPSA) is 80.3 Å². The van der Waals surface area contributed by atoms with Crippen molar-refractivity contribution in [3.8, 4) is 0 Å². The molecule has 0 spiro atoms. The Morgan fingerprint density at radius 1 is 1.37 bits per heavy atom. The quantitative estimate of drug-likeness (QED) is 0.860. The molecule has 1 heterocycles. The van der Waals surface area contributed by atoms with E-state index in [9.17, 15) is 21.2 Å². The summed E-state index contributed by atoms with van der Waals surface area (Å²) in [4.78, 5) is -0.113. The molecule has 106 valence electrons. The molecule has 0 saturated carbocycles. The SMILES string of the molecule is O=S1(=O)CCC(NS(=O)(=O)c2ccc(F)cc2Br)C1. The minimum Gasteiger partial charge on any atom is -0.229 e. The highest BCUT2D eigenvalue weighted by Crippen LogP contribution is 2.24. The molecule has 5 nitrogen and oxygen atoms in total. The lowest BCUT2D eigenvalue weighted by atomic mass is 10.3. The van der Waals surface area contributed by atoms with Crippen molar-refractivity contribution in [3.05, 3.63) is 28.5 Å². The van der Waals surface area contributed by atoms with E-state index in [1.54, 1.807) is 0 Å². The van der Waals surface area contributed by atoms with Crippen LogP contribution in [0.25, 0.3) is 0 Å². The summed E-state index contributed by atoms with van der Waals surface area (Å²) >= 11 is 2.98. The third-order valence-corrected chi connectivity index (χ3v) is 7.00. The molecule has 9 heteroatoms. The average molecular weight is 372 g/mol. The van der Waals surface area contributed by atoms with Gasteiger partial charge in [-0.3, -0.25) is 0 Å². The first-order valence-corrected chi connectivity index (χ1v) is 9.47. The molecule has 19 heavy (non-hydrogen) atoms. The van der Waals surface area contributed by atoms with Crippen molar-refractivity contribution in [2.24, 2.45) is 0 Å². The molecule has 1 saturated heterocycles. The molecule has 1 unspecified atom stereocenters. The maximum absolute atomic E-state index is 12.9. The molecule has 1 aromatic rings. The van der Waals surface area contributed by atoms with Gasteiger partial charge in [-0.05, 0) is 40.5 Å². The zero-order valence-electron chi connectivity index (χ0n) is 9.64. The Kier molecular flexibility index (Phi) is 4.01. The maximum Gasteiger partial charge on any atom is 0.241 e. The predicted octanol–water partition coefficient (Wildman–Crippen LogP) is 1.05. The van der Waals surface area contributed by atoms with Gasteiger partial charge in [-0.15, -0.1) is 0 Å². The molecule has 0 radical (unpaired) electrons. The largest absolute Gasteiger partial charge is 0.241 e. The number of sulfone groups is 1. The Hall–Kier alpha value is -0.510. The van der Waals surface area contributed by atoms with E-state index in [0.29, 0.717) is 0 Å². The minimum absolute atomic E-state index is 0.0230. The van der Waals surface area contributed by atoms with Gasteiger partial charge in [0.1, 0.15) is 5.82 Å². The van der Waals surface area contributed by atoms with Crippen LogP contribution in [0.5, 0.6) is 0 Å². The first-order chi connectivity index (χ1) is 8.70. The van der Waals surface area contributed by atoms with Crippen LogP contribution in [0.15, 0.2) is 27.6 Å². The molecular formula is C10H11BrFNO4S2. The number of hydrogen-bond donors (Lipinski definition) is 1. The normalized spacial score (nSPS) is 22.5. The summed E-state index contributed by atoms with van der Waals surface area (Å²) in [5.74, 6) is -0.787. The maximum atomic E-state index is 12.9. The Morgan fingerprint density at radius 3 is 2.58 bits per heavy atom. The fraction of sp³-hybridized carbons (Fsp3) is 0.400. The van der Waals surface area contributed by atoms with Gasteiger partial charge in [0.2, 0.25) is 10.0 Å². The number of benzene rings is 1. The van der Waals surface area contributed by atoms with Gasteiger partial charge in [0, 0.05) is 10.5 Å². The second kappa shape index (κ2) is 5.12. The fourth-order valence-electron chi connectivity index (χ4n) is 1.86. The van der Waals surface area contributed by atoms with Gasteiger partial charge in [0.25, 0.3) is 0 Å². The summed E-state index contributed by atoms with van der Waals surface area (Å²) in [5, 5.41) is 0. The van der Waals surface area contributed by atoms with Crippen molar-refractivity contribution in [1.82, 2.24) is 4.72 Å². The van der Waals surface area contributed by atoms with E-state index in [2.05, 4.69) is 20.7 Å². The lowest BCUT2D eigenvalue weighted by molar-refractivity contribution is 0.561. The third-order valence-electron chi connectivity index (χ3n) is 2.74. The van der Waals surface area contributed by atoms with Gasteiger partial charge in [0.15, 0.2) is 9.84 Å². The van der Waals surface area contributed by atoms with Crippen molar-refractivity contribution in [3.63, 3.8) is 0 Å². The van der Waals surface area contributed by atoms with E-state index >= 15 is 0 Å². The lowest BCUT2D eigenvalue weighted by Crippen LogP contribution is -2.35. The van der Waals surface area contributed by atoms with Crippen LogP contribution in [-0.2, 0) is 19.9 Å². The molecule has 1 aromatic carbocycles. The summed E-state index contributed by atoms with van der Waals surface area (Å²) in [5.41, 5.74) is 0. The molecule has 1 fully saturated rings. The molecule has 1 atom stereocenters. The van der Waals surface area contributed by atoms with Crippen LogP contribution in [0, 0.1) is 5.82 Å². The van der Waals surface area contributed by atoms with Gasteiger partial charge in [-0.25, -0.2) is 25.9 Å². The molecule has 1 aliphatic heterocycles. The summed E-state index contributed by atoms with van der Waals surface area (Å²) in [6.45, 7) is 0. The summed E-state index contributed by atoms with van der Waals surface area (Å²) in [6.07, 6.45) is 0.250. The van der Waals surface area contributed by atoms with E-state index in [1.807, 2.05) is 0 Å². The van der Waals surface area contributed by atoms with Crippen molar-refractivity contribution in [1.29, 1.82) is 0 Å². The van der Waals surface area contributed by atoms with E-state index in [-0.39, 0.29) is 27.3 Å². The van der Waals surface area contributed by atoms with Crippen LogP contribution in [0.2, 0.25) is 0 Å². The van der Waals surface area contributed by atoms with Crippen molar-refractivity contribution < 1.29 is 21.2 Å². The van der Waals surface area contributed by atoms with Crippen molar-refractivity contribution in [2.75, 3.05) is 11.5 Å². The molecule has 1 aliphatic rings. The molecule has 0 aliphatic carbocycles. The number of halogens is 2. The van der Waals surface area contributed by atoms with Gasteiger partial charge < -0.3 is 0 Å². The van der Waals surface area contributed by atoms with Gasteiger partial charge in [-0.2, -0.15) is 0 Å². The number of nitrogens with one attached hydrogen (secondary N) is 1. The standard InChI is InChI=1S/C10H11BrFNO4S2/c11-9-5-7(12)1-2-10(9)19(16,17)13-8-3-4-18(14,15)6-8/h1-2,5,8,13H,3-4,6H2. The molecule has 0 bridgehead atoms. The minimum atomic E-state index is -3.87. The highest BCUT2D eigenvalue weighted by atomic mass is 79.9. The average Bonchev–Trinajstić information content (AvgIpc) is 2.56. The number of hydrogen-bond acceptors (Lipinski definition) is 4. The monoisotopic (exact) mass is 371 g/mol. The van der Waals surface area contributed by atoms with Crippen LogP contribution < -0.4 is 4.72 Å². The summed E-state index contributed by atoms with van der Waals surface area (Å²) in [6, 6.07) is 2.57. The zero-order chi connectivity index (χ0) is 14.3. The van der Waals surface area contributed by atoms with Crippen molar-refractivity contribution >= 4 is 35.8 Å². The first kappa shape index (κ1) is 14.9. The second-order valence-electron chi connectivity index (χ2n) is 4.30. The van der Waals surface area contributed by atoms with Crippen LogP contribution >= 0.6 is 15.9 Å². The van der Waals surface area contributed by atoms with E-state index in [4.69, 9.17) is 0 Å². The number of sulfonamides is 1. The molecule has 2 rings (SSSR count). The second-order valence-corrected chi connectivity index (χ2v) is 9.06. The van der Waals surface area contributed by atoms with Gasteiger partial charge in [-0.1, -0.05) is 0 Å². The first-order valence-electron chi connectivity index (χ1n) is 5.37. The smallest absolute Gasteiger partial charge is 0.229 e. The van der Waals surface area contributed by atoms with Crippen LogP contribution in [0.3, 0.4) is 0 Å². The lowest BCUT2D eigenvalue weighted by Gasteiger charge is -2.12. The van der Waals surface area contributed by atoms with Gasteiger partial charge in [0.05, 0.1) is 16.4 Å². The van der Waals surface area contributed by atoms with Crippen LogP contribution in [-0.4, -0.2) is 34.4 Å². The summed E-state index contributed by atoms with van der Waals surface area (Å²) in [7, 11) is -7.03. The molecule has 1 N–H and O–H groups in total. The summed E-state index contributed by atoms with van der Waals surface area (Å²) < 4.78 is 62.1. The van der Waals surface area contributed by atoms with E-state index in [0.717, 1.165) is 18.2 Å². The Bertz CT molecular complexity index is 702. The molecule has 0 amide bonds. The van der Waals surface area contributed by atoms with Gasteiger partial charge >= 0.3 is 0 Å². The van der Waals surface area contributed by atoms with E-state index in [1.165, 1.54) is 0 Å². The van der Waals surface area contributed by atoms with Crippen LogP contribution in [0.1, 0.15) is 6.42 Å².